The van der Waals surface area contributed by atoms with Crippen molar-refractivity contribution in [3.8, 4) is 22.9 Å². The van der Waals surface area contributed by atoms with E-state index in [1.807, 2.05) is 12.1 Å². The van der Waals surface area contributed by atoms with Crippen LogP contribution in [0, 0.1) is 5.82 Å². The number of nitrogens with two attached hydrogens (primary N) is 1. The van der Waals surface area contributed by atoms with E-state index >= 15 is 0 Å². The number of amides is 2. The summed E-state index contributed by atoms with van der Waals surface area (Å²) in [6.45, 7) is 1.01. The minimum Gasteiger partial charge on any atom is -0.488 e. The van der Waals surface area contributed by atoms with Crippen molar-refractivity contribution in [1.29, 1.82) is 0 Å². The molecule has 2 aliphatic heterocycles. The number of nitrogens with one attached hydrogen (secondary N) is 1. The number of aromatic nitrogens is 2. The molecule has 2 fully saturated rings. The number of nitrogen functional groups attached to an aromatic ring is 1. The van der Waals surface area contributed by atoms with Crippen LogP contribution in [-0.4, -0.2) is 59.3 Å². The quantitative estimate of drug-likeness (QED) is 0.462. The number of benzene rings is 1. The van der Waals surface area contributed by atoms with E-state index in [1.54, 1.807) is 17.0 Å². The van der Waals surface area contributed by atoms with Gasteiger partial charge in [-0.3, -0.25) is 4.79 Å². The molecule has 2 atom stereocenters. The normalized spacial score (nSPS) is 18.5. The molecule has 0 bridgehead atoms. The first-order valence-electron chi connectivity index (χ1n) is 12.0. The fourth-order valence-corrected chi connectivity index (χ4v) is 4.63. The summed E-state index contributed by atoms with van der Waals surface area (Å²) in [6.07, 6.45) is 1.83. The van der Waals surface area contributed by atoms with Crippen LogP contribution < -0.4 is 20.5 Å². The third-order valence-electron chi connectivity index (χ3n) is 6.50. The molecule has 5 rings (SSSR count). The number of hydrogen-bond acceptors (Lipinski definition) is 8. The second kappa shape index (κ2) is 10.7. The van der Waals surface area contributed by atoms with Crippen LogP contribution in [0.4, 0.5) is 15.0 Å². The van der Waals surface area contributed by atoms with Crippen LogP contribution in [0.3, 0.4) is 0 Å². The summed E-state index contributed by atoms with van der Waals surface area (Å²) in [7, 11) is 1.39. The van der Waals surface area contributed by atoms with E-state index in [9.17, 15) is 14.0 Å². The Balaban J connectivity index is 1.46. The van der Waals surface area contributed by atoms with Crippen molar-refractivity contribution in [3.63, 3.8) is 0 Å². The second-order valence-electron chi connectivity index (χ2n) is 8.98. The number of pyridine rings is 2. The SMILES string of the molecule is COc1nc(-c2cnc(N)c(F)c2)c(O[C@H]2CCN3C(=O)OC[C@@H]3C2)cc1C(=O)NCc1ccc(Cl)cc1. The van der Waals surface area contributed by atoms with Crippen LogP contribution in [0.15, 0.2) is 42.6 Å². The third kappa shape index (κ3) is 5.28. The van der Waals surface area contributed by atoms with E-state index in [-0.39, 0.29) is 60.1 Å². The number of anilines is 1. The molecule has 198 valence electrons. The number of halogens is 2. The van der Waals surface area contributed by atoms with Crippen molar-refractivity contribution >= 4 is 29.4 Å². The molecule has 0 spiro atoms. The molecule has 12 heteroatoms. The van der Waals surface area contributed by atoms with E-state index in [0.717, 1.165) is 5.56 Å². The number of cyclic esters (lactones) is 1. The number of carbonyl (C=O) groups excluding carboxylic acids is 2. The van der Waals surface area contributed by atoms with E-state index in [4.69, 9.17) is 31.5 Å². The van der Waals surface area contributed by atoms with Crippen molar-refractivity contribution in [2.45, 2.75) is 31.5 Å². The van der Waals surface area contributed by atoms with Crippen LogP contribution in [0.25, 0.3) is 11.3 Å². The maximum absolute atomic E-state index is 14.3. The monoisotopic (exact) mass is 541 g/mol. The molecule has 1 aromatic carbocycles. The van der Waals surface area contributed by atoms with Gasteiger partial charge < -0.3 is 30.2 Å². The molecule has 2 amide bonds. The summed E-state index contributed by atoms with van der Waals surface area (Å²) in [5.74, 6) is -1.12. The van der Waals surface area contributed by atoms with Gasteiger partial charge >= 0.3 is 6.09 Å². The maximum Gasteiger partial charge on any atom is 0.410 e. The first kappa shape index (κ1) is 25.5. The predicted molar refractivity (Wildman–Crippen MR) is 137 cm³/mol. The van der Waals surface area contributed by atoms with Crippen molar-refractivity contribution in [3.05, 3.63) is 64.6 Å². The number of piperidine rings is 1. The van der Waals surface area contributed by atoms with Gasteiger partial charge in [0.15, 0.2) is 11.6 Å². The molecule has 3 aromatic rings. The molecular formula is C26H25ClFN5O5. The summed E-state index contributed by atoms with van der Waals surface area (Å²) in [5, 5.41) is 3.44. The molecule has 10 nitrogen and oxygen atoms in total. The number of methoxy groups -OCH3 is 1. The van der Waals surface area contributed by atoms with Gasteiger partial charge in [0.2, 0.25) is 5.88 Å². The molecule has 38 heavy (non-hydrogen) atoms. The Morgan fingerprint density at radius 3 is 2.84 bits per heavy atom. The zero-order chi connectivity index (χ0) is 26.8. The lowest BCUT2D eigenvalue weighted by molar-refractivity contribution is 0.0913. The lowest BCUT2D eigenvalue weighted by Gasteiger charge is -2.33. The van der Waals surface area contributed by atoms with Crippen molar-refractivity contribution in [1.82, 2.24) is 20.2 Å². The fraction of sp³-hybridized carbons (Fsp3) is 0.308. The lowest BCUT2D eigenvalue weighted by Crippen LogP contribution is -2.44. The number of carbonyl (C=O) groups is 2. The van der Waals surface area contributed by atoms with Gasteiger partial charge in [0.05, 0.1) is 13.2 Å². The first-order valence-corrected chi connectivity index (χ1v) is 12.3. The van der Waals surface area contributed by atoms with E-state index in [2.05, 4.69) is 15.3 Å². The molecule has 2 saturated heterocycles. The summed E-state index contributed by atoms with van der Waals surface area (Å²) in [4.78, 5) is 35.1. The highest BCUT2D eigenvalue weighted by Crippen LogP contribution is 2.36. The van der Waals surface area contributed by atoms with Gasteiger partial charge in [-0.05, 0) is 23.8 Å². The Morgan fingerprint density at radius 1 is 1.32 bits per heavy atom. The zero-order valence-electron chi connectivity index (χ0n) is 20.4. The standard InChI is InChI=1S/C26H25ClFN5O5/c1-36-25-19(24(34)31-11-14-2-4-16(27)5-3-14)10-21(22(32-25)15-8-20(28)23(29)30-12-15)38-18-6-7-33-17(9-18)13-37-26(33)35/h2-5,8,10,12,17-18H,6-7,9,11,13H2,1H3,(H2,29,30)(H,31,34)/t17-,18-/m0/s1. The number of ether oxygens (including phenoxy) is 3. The highest BCUT2D eigenvalue weighted by atomic mass is 35.5. The van der Waals surface area contributed by atoms with Crippen LogP contribution >= 0.6 is 11.6 Å². The summed E-state index contributed by atoms with van der Waals surface area (Å²) in [6, 6.07) is 9.71. The predicted octanol–water partition coefficient (Wildman–Crippen LogP) is 3.82. The number of rotatable bonds is 7. The summed E-state index contributed by atoms with van der Waals surface area (Å²) in [5.41, 5.74) is 7.09. The molecular weight excluding hydrogens is 517 g/mol. The Labute approximate surface area is 222 Å². The average Bonchev–Trinajstić information content (AvgIpc) is 3.29. The topological polar surface area (TPSA) is 129 Å². The molecule has 0 radical (unpaired) electrons. The van der Waals surface area contributed by atoms with E-state index in [0.29, 0.717) is 30.0 Å². The van der Waals surface area contributed by atoms with Gasteiger partial charge in [-0.2, -0.15) is 0 Å². The van der Waals surface area contributed by atoms with Crippen LogP contribution in [0.5, 0.6) is 11.6 Å². The van der Waals surface area contributed by atoms with E-state index < -0.39 is 11.7 Å². The highest BCUT2D eigenvalue weighted by molar-refractivity contribution is 6.30. The summed E-state index contributed by atoms with van der Waals surface area (Å²) >= 11 is 5.94. The molecule has 4 heterocycles. The van der Waals surface area contributed by atoms with Crippen LogP contribution in [0.2, 0.25) is 5.02 Å². The van der Waals surface area contributed by atoms with Crippen LogP contribution in [-0.2, 0) is 11.3 Å². The van der Waals surface area contributed by atoms with Gasteiger partial charge in [0.1, 0.15) is 29.7 Å². The largest absolute Gasteiger partial charge is 0.488 e. The van der Waals surface area contributed by atoms with Crippen molar-refractivity contribution in [2.24, 2.45) is 0 Å². The molecule has 0 unspecified atom stereocenters. The first-order chi connectivity index (χ1) is 18.3. The average molecular weight is 542 g/mol. The van der Waals surface area contributed by atoms with Gasteiger partial charge in [-0.1, -0.05) is 23.7 Å². The van der Waals surface area contributed by atoms with Crippen molar-refractivity contribution in [2.75, 3.05) is 26.0 Å². The molecule has 2 aliphatic rings. The lowest BCUT2D eigenvalue weighted by atomic mass is 10.0. The second-order valence-corrected chi connectivity index (χ2v) is 9.42. The zero-order valence-corrected chi connectivity index (χ0v) is 21.2. The minimum atomic E-state index is -0.714. The summed E-state index contributed by atoms with van der Waals surface area (Å²) < 4.78 is 31.2. The Kier molecular flexibility index (Phi) is 7.19. The number of nitrogens with zero attached hydrogens (tertiary/aromatic N) is 3. The minimum absolute atomic E-state index is 0.0304. The molecule has 0 saturated carbocycles. The molecule has 3 N–H and O–H groups in total. The number of hydrogen-bond donors (Lipinski definition) is 2. The molecule has 0 aliphatic carbocycles. The smallest absolute Gasteiger partial charge is 0.410 e. The van der Waals surface area contributed by atoms with Gasteiger partial charge in [-0.25, -0.2) is 19.2 Å². The fourth-order valence-electron chi connectivity index (χ4n) is 4.50. The molecule has 2 aromatic heterocycles. The van der Waals surface area contributed by atoms with Gasteiger partial charge in [0.25, 0.3) is 5.91 Å². The highest BCUT2D eigenvalue weighted by Gasteiger charge is 2.39. The van der Waals surface area contributed by atoms with Gasteiger partial charge in [-0.15, -0.1) is 0 Å². The van der Waals surface area contributed by atoms with Crippen LogP contribution in [0.1, 0.15) is 28.8 Å². The Morgan fingerprint density at radius 2 is 2.11 bits per heavy atom. The Bertz CT molecular complexity index is 1370. The maximum atomic E-state index is 14.3. The van der Waals surface area contributed by atoms with Gasteiger partial charge in [0, 0.05) is 48.8 Å². The Hall–Kier alpha value is -4.12. The number of fused-ring (bicyclic) bond motifs is 1. The third-order valence-corrected chi connectivity index (χ3v) is 6.75. The van der Waals surface area contributed by atoms with E-state index in [1.165, 1.54) is 25.4 Å². The van der Waals surface area contributed by atoms with Crippen molar-refractivity contribution < 1.29 is 28.2 Å².